The zero-order chi connectivity index (χ0) is 22.9. The van der Waals surface area contributed by atoms with Gasteiger partial charge in [0.1, 0.15) is 5.75 Å². The van der Waals surface area contributed by atoms with Crippen molar-refractivity contribution in [3.8, 4) is 5.75 Å². The monoisotopic (exact) mass is 559 g/mol. The Morgan fingerprint density at radius 1 is 0.938 bits per heavy atom. The summed E-state index contributed by atoms with van der Waals surface area (Å²) in [5, 5.41) is 8.68. The number of carbonyl (C=O) groups excluding carboxylic acids is 2. The van der Waals surface area contributed by atoms with Crippen molar-refractivity contribution >= 4 is 63.1 Å². The number of ether oxygens (including phenoxy) is 1. The number of thiocarbonyl (C=S) groups is 1. The van der Waals surface area contributed by atoms with Crippen molar-refractivity contribution in [1.29, 1.82) is 0 Å². The van der Waals surface area contributed by atoms with E-state index in [2.05, 4.69) is 38.5 Å². The lowest BCUT2D eigenvalue weighted by molar-refractivity contribution is -0.116. The molecule has 3 rings (SSSR count). The molecule has 0 aliphatic heterocycles. The van der Waals surface area contributed by atoms with Crippen LogP contribution in [0.4, 0.5) is 11.4 Å². The number of carbonyl (C=O) groups is 2. The van der Waals surface area contributed by atoms with Gasteiger partial charge in [0.15, 0.2) is 5.11 Å². The average molecular weight is 559 g/mol. The third-order valence-electron chi connectivity index (χ3n) is 4.55. The third-order valence-corrected chi connectivity index (χ3v) is 5.60. The second-order valence-electron chi connectivity index (χ2n) is 6.87. The van der Waals surface area contributed by atoms with Gasteiger partial charge in [-0.15, -0.1) is 0 Å². The van der Waals surface area contributed by atoms with Crippen LogP contribution >= 0.6 is 34.8 Å². The molecule has 2 amide bonds. The number of hydrogen-bond acceptors (Lipinski definition) is 4. The Labute approximate surface area is 205 Å². The zero-order valence-electron chi connectivity index (χ0n) is 17.4. The summed E-state index contributed by atoms with van der Waals surface area (Å²) < 4.78 is 6.04. The van der Waals surface area contributed by atoms with Crippen molar-refractivity contribution < 1.29 is 14.3 Å². The predicted molar refractivity (Wildman–Crippen MR) is 139 cm³/mol. The lowest BCUT2D eigenvalue weighted by atomic mass is 10.1. The van der Waals surface area contributed by atoms with E-state index in [1.165, 1.54) is 0 Å². The molecule has 0 aliphatic carbocycles. The van der Waals surface area contributed by atoms with E-state index in [1.807, 2.05) is 30.3 Å². The maximum atomic E-state index is 12.4. The fourth-order valence-corrected chi connectivity index (χ4v) is 3.85. The molecule has 0 radical (unpaired) electrons. The molecule has 3 aromatic rings. The number of aryl methyl sites for hydroxylation is 1. The minimum absolute atomic E-state index is 0.0496. The molecular weight excluding hydrogens is 537 g/mol. The number of anilines is 2. The second kappa shape index (κ2) is 11.6. The van der Waals surface area contributed by atoms with Crippen LogP contribution in [0, 0.1) is 3.57 Å². The normalized spacial score (nSPS) is 10.2. The molecule has 0 spiro atoms. The molecule has 0 fully saturated rings. The van der Waals surface area contributed by atoms with Crippen molar-refractivity contribution in [3.05, 3.63) is 87.5 Å². The van der Waals surface area contributed by atoms with E-state index < -0.39 is 0 Å². The van der Waals surface area contributed by atoms with Gasteiger partial charge in [0.25, 0.3) is 5.91 Å². The SMILES string of the molecule is COc1ccc(C(=O)NC(=S)Nc2ccc(NC(=O)CCc3ccccc3)cc2)cc1I. The number of halogens is 1. The summed E-state index contributed by atoms with van der Waals surface area (Å²) in [6.07, 6.45) is 1.10. The van der Waals surface area contributed by atoms with E-state index in [0.29, 0.717) is 35.5 Å². The molecule has 0 saturated carbocycles. The summed E-state index contributed by atoms with van der Waals surface area (Å²) in [5.41, 5.74) is 2.99. The van der Waals surface area contributed by atoms with Gasteiger partial charge in [-0.2, -0.15) is 0 Å². The molecule has 6 nitrogen and oxygen atoms in total. The first-order chi connectivity index (χ1) is 15.4. The largest absolute Gasteiger partial charge is 0.496 e. The minimum Gasteiger partial charge on any atom is -0.496 e. The lowest BCUT2D eigenvalue weighted by Gasteiger charge is -2.11. The topological polar surface area (TPSA) is 79.5 Å². The van der Waals surface area contributed by atoms with Crippen LogP contribution in [-0.2, 0) is 11.2 Å². The summed E-state index contributed by atoms with van der Waals surface area (Å²) >= 11 is 7.35. The van der Waals surface area contributed by atoms with Crippen LogP contribution in [0.2, 0.25) is 0 Å². The van der Waals surface area contributed by atoms with Crippen LogP contribution in [0.15, 0.2) is 72.8 Å². The van der Waals surface area contributed by atoms with Crippen LogP contribution in [0.25, 0.3) is 0 Å². The maximum absolute atomic E-state index is 12.4. The summed E-state index contributed by atoms with van der Waals surface area (Å²) in [6, 6.07) is 22.1. The number of hydrogen-bond donors (Lipinski definition) is 3. The number of benzene rings is 3. The standard InChI is InChI=1S/C24H22IN3O3S/c1-31-21-13-8-17(15-20(21)25)23(30)28-24(32)27-19-11-9-18(10-12-19)26-22(29)14-7-16-5-3-2-4-6-16/h2-6,8-13,15H,7,14H2,1H3,(H,26,29)(H2,27,28,30,32). The molecule has 3 N–H and O–H groups in total. The van der Waals surface area contributed by atoms with Crippen molar-refractivity contribution in [3.63, 3.8) is 0 Å². The molecule has 3 aromatic carbocycles. The van der Waals surface area contributed by atoms with Crippen molar-refractivity contribution in [1.82, 2.24) is 5.32 Å². The highest BCUT2D eigenvalue weighted by atomic mass is 127. The van der Waals surface area contributed by atoms with Crippen LogP contribution in [0.1, 0.15) is 22.3 Å². The van der Waals surface area contributed by atoms with Crippen LogP contribution in [0.5, 0.6) is 5.75 Å². The van der Waals surface area contributed by atoms with Gasteiger partial charge in [0.05, 0.1) is 10.7 Å². The van der Waals surface area contributed by atoms with Crippen LogP contribution in [-0.4, -0.2) is 24.0 Å². The lowest BCUT2D eigenvalue weighted by Crippen LogP contribution is -2.34. The van der Waals surface area contributed by atoms with Gasteiger partial charge in [-0.05, 0) is 89.3 Å². The molecule has 8 heteroatoms. The second-order valence-corrected chi connectivity index (χ2v) is 8.44. The highest BCUT2D eigenvalue weighted by molar-refractivity contribution is 14.1. The molecule has 0 bridgehead atoms. The van der Waals surface area contributed by atoms with E-state index >= 15 is 0 Å². The van der Waals surface area contributed by atoms with Gasteiger partial charge in [-0.1, -0.05) is 30.3 Å². The summed E-state index contributed by atoms with van der Waals surface area (Å²) in [6.45, 7) is 0. The van der Waals surface area contributed by atoms with Crippen LogP contribution < -0.4 is 20.7 Å². The Kier molecular flexibility index (Phi) is 8.57. The quantitative estimate of drug-likeness (QED) is 0.281. The smallest absolute Gasteiger partial charge is 0.257 e. The van der Waals surface area contributed by atoms with E-state index in [1.54, 1.807) is 49.6 Å². The van der Waals surface area contributed by atoms with E-state index in [4.69, 9.17) is 17.0 Å². The number of rotatable bonds is 7. The highest BCUT2D eigenvalue weighted by Gasteiger charge is 2.11. The maximum Gasteiger partial charge on any atom is 0.257 e. The molecule has 0 unspecified atom stereocenters. The molecular formula is C24H22IN3O3S. The number of amides is 2. The first-order valence-corrected chi connectivity index (χ1v) is 11.3. The first kappa shape index (κ1) is 23.7. The molecule has 0 heterocycles. The molecule has 0 saturated heterocycles. The van der Waals surface area contributed by atoms with Crippen molar-refractivity contribution in [2.45, 2.75) is 12.8 Å². The Balaban J connectivity index is 1.48. The molecule has 0 atom stereocenters. The molecule has 32 heavy (non-hydrogen) atoms. The highest BCUT2D eigenvalue weighted by Crippen LogP contribution is 2.21. The number of nitrogens with one attached hydrogen (secondary N) is 3. The predicted octanol–water partition coefficient (Wildman–Crippen LogP) is 5.00. The molecule has 164 valence electrons. The van der Waals surface area contributed by atoms with Gasteiger partial charge < -0.3 is 15.4 Å². The Hall–Kier alpha value is -2.98. The molecule has 0 aromatic heterocycles. The summed E-state index contributed by atoms with van der Waals surface area (Å²) in [5.74, 6) is 0.340. The van der Waals surface area contributed by atoms with Gasteiger partial charge in [0, 0.05) is 23.4 Å². The van der Waals surface area contributed by atoms with E-state index in [-0.39, 0.29) is 16.9 Å². The molecule has 0 aliphatic rings. The van der Waals surface area contributed by atoms with E-state index in [0.717, 1.165) is 9.13 Å². The number of methoxy groups -OCH3 is 1. The average Bonchev–Trinajstić information content (AvgIpc) is 2.79. The van der Waals surface area contributed by atoms with Crippen molar-refractivity contribution in [2.24, 2.45) is 0 Å². The third kappa shape index (κ3) is 7.03. The summed E-state index contributed by atoms with van der Waals surface area (Å²) in [4.78, 5) is 24.6. The fraction of sp³-hybridized carbons (Fsp3) is 0.125. The Morgan fingerprint density at radius 2 is 1.59 bits per heavy atom. The van der Waals surface area contributed by atoms with Gasteiger partial charge >= 0.3 is 0 Å². The Morgan fingerprint density at radius 3 is 2.22 bits per heavy atom. The van der Waals surface area contributed by atoms with Gasteiger partial charge in [-0.25, -0.2) is 0 Å². The van der Waals surface area contributed by atoms with Gasteiger partial charge in [-0.3, -0.25) is 14.9 Å². The Bertz CT molecular complexity index is 1110. The zero-order valence-corrected chi connectivity index (χ0v) is 20.3. The van der Waals surface area contributed by atoms with Crippen LogP contribution in [0.3, 0.4) is 0 Å². The van der Waals surface area contributed by atoms with Gasteiger partial charge in [0.2, 0.25) is 5.91 Å². The minimum atomic E-state index is -0.314. The fourth-order valence-electron chi connectivity index (χ4n) is 2.91. The van der Waals surface area contributed by atoms with Crippen molar-refractivity contribution in [2.75, 3.05) is 17.7 Å². The summed E-state index contributed by atoms with van der Waals surface area (Å²) in [7, 11) is 1.58. The van der Waals surface area contributed by atoms with E-state index in [9.17, 15) is 9.59 Å². The first-order valence-electron chi connectivity index (χ1n) is 9.84.